The molecule has 1 saturated carbocycles. The largest absolute Gasteiger partial charge is 0.310 e. The summed E-state index contributed by atoms with van der Waals surface area (Å²) in [5, 5.41) is 3.64. The molecule has 0 amide bonds. The summed E-state index contributed by atoms with van der Waals surface area (Å²) in [5.41, 5.74) is 4.73. The third kappa shape index (κ3) is 1.67. The second kappa shape index (κ2) is 3.89. The molecule has 2 aliphatic carbocycles. The van der Waals surface area contributed by atoms with E-state index < -0.39 is 0 Å². The van der Waals surface area contributed by atoms with Crippen molar-refractivity contribution in [3.63, 3.8) is 0 Å². The van der Waals surface area contributed by atoms with Gasteiger partial charge < -0.3 is 5.32 Å². The highest BCUT2D eigenvalue weighted by molar-refractivity contribution is 5.41. The lowest BCUT2D eigenvalue weighted by atomic mass is 10.00. The van der Waals surface area contributed by atoms with Crippen LogP contribution in [-0.4, -0.2) is 6.54 Å². The first-order chi connectivity index (χ1) is 7.79. The van der Waals surface area contributed by atoms with Crippen LogP contribution in [0.2, 0.25) is 0 Å². The van der Waals surface area contributed by atoms with E-state index in [2.05, 4.69) is 37.4 Å². The van der Waals surface area contributed by atoms with Gasteiger partial charge in [0, 0.05) is 6.04 Å². The van der Waals surface area contributed by atoms with Gasteiger partial charge in [0.2, 0.25) is 0 Å². The third-order valence-electron chi connectivity index (χ3n) is 4.09. The summed E-state index contributed by atoms with van der Waals surface area (Å²) in [5.74, 6) is 1.63. The summed E-state index contributed by atoms with van der Waals surface area (Å²) in [4.78, 5) is 0. The first-order valence-corrected chi connectivity index (χ1v) is 6.65. The predicted molar refractivity (Wildman–Crippen MR) is 67.7 cm³/mol. The standard InChI is InChI=1S/C15H21N/c1-3-16-15-10(2)8-13-7-6-12(9-14(13)15)11-4-5-11/h6-7,9-11,15-16H,3-5,8H2,1-2H3. The lowest BCUT2D eigenvalue weighted by molar-refractivity contribution is 0.426. The summed E-state index contributed by atoms with van der Waals surface area (Å²) < 4.78 is 0. The minimum atomic E-state index is 0.596. The maximum Gasteiger partial charge on any atom is 0.0351 e. The normalized spacial score (nSPS) is 28.1. The van der Waals surface area contributed by atoms with E-state index in [1.807, 2.05) is 0 Å². The number of rotatable bonds is 3. The Morgan fingerprint density at radius 2 is 2.12 bits per heavy atom. The first kappa shape index (κ1) is 10.3. The van der Waals surface area contributed by atoms with E-state index in [4.69, 9.17) is 0 Å². The van der Waals surface area contributed by atoms with E-state index in [-0.39, 0.29) is 0 Å². The highest BCUT2D eigenvalue weighted by Crippen LogP contribution is 2.43. The second-order valence-corrected chi connectivity index (χ2v) is 5.45. The third-order valence-corrected chi connectivity index (χ3v) is 4.09. The molecule has 0 spiro atoms. The van der Waals surface area contributed by atoms with E-state index in [9.17, 15) is 0 Å². The van der Waals surface area contributed by atoms with Gasteiger partial charge in [-0.1, -0.05) is 32.0 Å². The number of nitrogens with one attached hydrogen (secondary N) is 1. The molecule has 0 radical (unpaired) electrons. The molecule has 1 aromatic carbocycles. The topological polar surface area (TPSA) is 12.0 Å². The molecule has 1 heteroatoms. The summed E-state index contributed by atoms with van der Waals surface area (Å²) in [6.07, 6.45) is 4.05. The van der Waals surface area contributed by atoms with Crippen molar-refractivity contribution in [1.29, 1.82) is 0 Å². The van der Waals surface area contributed by atoms with Gasteiger partial charge in [0.1, 0.15) is 0 Å². The van der Waals surface area contributed by atoms with Gasteiger partial charge in [-0.05, 0) is 54.3 Å². The molecule has 0 aromatic heterocycles. The van der Waals surface area contributed by atoms with Gasteiger partial charge in [-0.2, -0.15) is 0 Å². The van der Waals surface area contributed by atoms with Crippen LogP contribution in [0.25, 0.3) is 0 Å². The summed E-state index contributed by atoms with van der Waals surface area (Å²) >= 11 is 0. The maximum absolute atomic E-state index is 3.64. The molecular formula is C15H21N. The maximum atomic E-state index is 3.64. The zero-order valence-electron chi connectivity index (χ0n) is 10.3. The number of hydrogen-bond acceptors (Lipinski definition) is 1. The molecule has 0 heterocycles. The molecular weight excluding hydrogens is 194 g/mol. The Morgan fingerprint density at radius 1 is 1.31 bits per heavy atom. The molecule has 3 rings (SSSR count). The highest BCUT2D eigenvalue weighted by atomic mass is 14.9. The van der Waals surface area contributed by atoms with Gasteiger partial charge in [-0.25, -0.2) is 0 Å². The zero-order valence-corrected chi connectivity index (χ0v) is 10.3. The molecule has 0 aliphatic heterocycles. The average molecular weight is 215 g/mol. The van der Waals surface area contributed by atoms with Gasteiger partial charge in [-0.15, -0.1) is 0 Å². The molecule has 86 valence electrons. The smallest absolute Gasteiger partial charge is 0.0351 e. The van der Waals surface area contributed by atoms with Crippen LogP contribution < -0.4 is 5.32 Å². The minimum Gasteiger partial charge on any atom is -0.310 e. The van der Waals surface area contributed by atoms with Crippen LogP contribution in [-0.2, 0) is 6.42 Å². The average Bonchev–Trinajstić information content (AvgIpc) is 3.07. The van der Waals surface area contributed by atoms with Gasteiger partial charge in [0.15, 0.2) is 0 Å². The molecule has 2 unspecified atom stereocenters. The summed E-state index contributed by atoms with van der Waals surface area (Å²) in [7, 11) is 0. The van der Waals surface area contributed by atoms with Crippen LogP contribution in [0.5, 0.6) is 0 Å². The van der Waals surface area contributed by atoms with Crippen molar-refractivity contribution >= 4 is 0 Å². The fourth-order valence-corrected chi connectivity index (χ4v) is 3.06. The predicted octanol–water partition coefficient (Wildman–Crippen LogP) is 3.41. The minimum absolute atomic E-state index is 0.596. The highest BCUT2D eigenvalue weighted by Gasteiger charge is 2.31. The number of hydrogen-bond donors (Lipinski definition) is 1. The van der Waals surface area contributed by atoms with E-state index in [1.165, 1.54) is 19.3 Å². The van der Waals surface area contributed by atoms with Crippen LogP contribution in [0.15, 0.2) is 18.2 Å². The van der Waals surface area contributed by atoms with Gasteiger partial charge in [-0.3, -0.25) is 0 Å². The Morgan fingerprint density at radius 3 is 2.81 bits per heavy atom. The molecule has 1 nitrogen and oxygen atoms in total. The Kier molecular flexibility index (Phi) is 2.51. The van der Waals surface area contributed by atoms with Crippen LogP contribution in [0.4, 0.5) is 0 Å². The van der Waals surface area contributed by atoms with Crippen molar-refractivity contribution in [1.82, 2.24) is 5.32 Å². The summed E-state index contributed by atoms with van der Waals surface area (Å²) in [6.45, 7) is 5.64. The van der Waals surface area contributed by atoms with Crippen LogP contribution in [0.1, 0.15) is 55.3 Å². The molecule has 16 heavy (non-hydrogen) atoms. The Bertz CT molecular complexity index is 392. The first-order valence-electron chi connectivity index (χ1n) is 6.65. The Balaban J connectivity index is 1.93. The Hall–Kier alpha value is -0.820. The molecule has 0 saturated heterocycles. The van der Waals surface area contributed by atoms with Crippen molar-refractivity contribution < 1.29 is 0 Å². The van der Waals surface area contributed by atoms with Crippen molar-refractivity contribution in [2.45, 2.75) is 45.1 Å². The van der Waals surface area contributed by atoms with Gasteiger partial charge in [0.05, 0.1) is 0 Å². The van der Waals surface area contributed by atoms with E-state index in [0.717, 1.165) is 18.4 Å². The van der Waals surface area contributed by atoms with Gasteiger partial charge in [0.25, 0.3) is 0 Å². The van der Waals surface area contributed by atoms with Crippen molar-refractivity contribution in [2.24, 2.45) is 5.92 Å². The fraction of sp³-hybridized carbons (Fsp3) is 0.600. The fourth-order valence-electron chi connectivity index (χ4n) is 3.06. The van der Waals surface area contributed by atoms with Crippen LogP contribution in [0, 0.1) is 5.92 Å². The lowest BCUT2D eigenvalue weighted by Crippen LogP contribution is -2.23. The monoisotopic (exact) mass is 215 g/mol. The van der Waals surface area contributed by atoms with E-state index in [0.29, 0.717) is 6.04 Å². The van der Waals surface area contributed by atoms with E-state index >= 15 is 0 Å². The second-order valence-electron chi connectivity index (χ2n) is 5.45. The molecule has 1 N–H and O–H groups in total. The molecule has 1 fully saturated rings. The number of benzene rings is 1. The summed E-state index contributed by atoms with van der Waals surface area (Å²) in [6, 6.07) is 7.80. The van der Waals surface area contributed by atoms with Crippen molar-refractivity contribution in [3.05, 3.63) is 34.9 Å². The molecule has 0 bridgehead atoms. The van der Waals surface area contributed by atoms with E-state index in [1.54, 1.807) is 16.7 Å². The van der Waals surface area contributed by atoms with Gasteiger partial charge >= 0.3 is 0 Å². The van der Waals surface area contributed by atoms with Crippen LogP contribution in [0.3, 0.4) is 0 Å². The Labute approximate surface area is 98.3 Å². The quantitative estimate of drug-likeness (QED) is 0.814. The lowest BCUT2D eigenvalue weighted by Gasteiger charge is -2.18. The van der Waals surface area contributed by atoms with Crippen molar-refractivity contribution in [3.8, 4) is 0 Å². The molecule has 2 atom stereocenters. The van der Waals surface area contributed by atoms with Crippen molar-refractivity contribution in [2.75, 3.05) is 6.54 Å². The zero-order chi connectivity index (χ0) is 11.1. The molecule has 1 aromatic rings. The molecule has 2 aliphatic rings. The number of fused-ring (bicyclic) bond motifs is 1. The van der Waals surface area contributed by atoms with Crippen LogP contribution >= 0.6 is 0 Å². The SMILES string of the molecule is CCNC1c2cc(C3CC3)ccc2CC1C.